The van der Waals surface area contributed by atoms with Gasteiger partial charge >= 0.3 is 6.18 Å². The highest BCUT2D eigenvalue weighted by Gasteiger charge is 2.37. The number of hydrogen-bond acceptors (Lipinski definition) is 7. The summed E-state index contributed by atoms with van der Waals surface area (Å²) in [7, 11) is 0.366. The molecule has 0 amide bonds. The molecule has 0 saturated carbocycles. The molecule has 204 valence electrons. The van der Waals surface area contributed by atoms with Crippen LogP contribution in [0.5, 0.6) is 0 Å². The van der Waals surface area contributed by atoms with Crippen molar-refractivity contribution in [1.29, 1.82) is 0 Å². The monoisotopic (exact) mass is 547 g/mol. The van der Waals surface area contributed by atoms with E-state index >= 15 is 0 Å². The summed E-state index contributed by atoms with van der Waals surface area (Å²) in [6.07, 6.45) is -0.326. The first kappa shape index (κ1) is 26.7. The number of ether oxygens (including phenoxy) is 1. The Hall–Kier alpha value is -2.91. The number of benzene rings is 1. The van der Waals surface area contributed by atoms with Crippen LogP contribution in [0.15, 0.2) is 29.5 Å². The molecule has 1 aromatic carbocycles. The molecule has 2 atom stereocenters. The van der Waals surface area contributed by atoms with E-state index in [0.717, 1.165) is 35.5 Å². The van der Waals surface area contributed by atoms with Crippen LogP contribution in [-0.2, 0) is 10.9 Å². The lowest BCUT2D eigenvalue weighted by Crippen LogP contribution is -2.50. The molecular weight excluding hydrogens is 514 g/mol. The molecule has 1 fully saturated rings. The zero-order valence-electron chi connectivity index (χ0n) is 22.1. The minimum absolute atomic E-state index is 0.0304. The minimum Gasteiger partial charge on any atom is -0.457 e. The lowest BCUT2D eigenvalue weighted by atomic mass is 9.91. The number of hydrogen-bond donors (Lipinski definition) is 4. The van der Waals surface area contributed by atoms with E-state index in [1.807, 2.05) is 26.6 Å². The topological polar surface area (TPSA) is 99.2 Å². The van der Waals surface area contributed by atoms with Gasteiger partial charge in [0.1, 0.15) is 11.2 Å². The van der Waals surface area contributed by atoms with Gasteiger partial charge in [-0.15, -0.1) is 0 Å². The largest absolute Gasteiger partial charge is 0.457 e. The van der Waals surface area contributed by atoms with E-state index in [1.165, 1.54) is 0 Å². The number of halogens is 3. The Labute approximate surface area is 221 Å². The van der Waals surface area contributed by atoms with Gasteiger partial charge in [-0.2, -0.15) is 13.2 Å². The van der Waals surface area contributed by atoms with Crippen LogP contribution >= 0.6 is 8.58 Å². The van der Waals surface area contributed by atoms with Crippen LogP contribution < -0.4 is 21.3 Å². The second-order valence-corrected chi connectivity index (χ2v) is 12.1. The highest BCUT2D eigenvalue weighted by molar-refractivity contribution is 7.47. The van der Waals surface area contributed by atoms with Crippen molar-refractivity contribution < 1.29 is 17.9 Å². The van der Waals surface area contributed by atoms with Gasteiger partial charge < -0.3 is 25.7 Å². The van der Waals surface area contributed by atoms with E-state index in [4.69, 9.17) is 4.74 Å². The predicted molar refractivity (Wildman–Crippen MR) is 148 cm³/mol. The van der Waals surface area contributed by atoms with Gasteiger partial charge in [0.2, 0.25) is 5.95 Å². The van der Waals surface area contributed by atoms with Crippen LogP contribution in [0.3, 0.4) is 0 Å². The third-order valence-corrected chi connectivity index (χ3v) is 7.97. The van der Waals surface area contributed by atoms with Crippen molar-refractivity contribution in [3.63, 3.8) is 0 Å². The number of anilines is 2. The summed E-state index contributed by atoms with van der Waals surface area (Å²) in [5.74, 6) is 0.184. The van der Waals surface area contributed by atoms with E-state index in [2.05, 4.69) is 49.7 Å². The Balaban J connectivity index is 1.50. The average molecular weight is 548 g/mol. The first-order valence-corrected chi connectivity index (χ1v) is 14.1. The molecule has 12 heteroatoms. The summed E-state index contributed by atoms with van der Waals surface area (Å²) in [4.78, 5) is 16.0. The zero-order valence-corrected chi connectivity index (χ0v) is 23.1. The van der Waals surface area contributed by atoms with Crippen molar-refractivity contribution in [1.82, 2.24) is 20.3 Å². The molecule has 4 N–H and O–H groups in total. The SMILES string of the molecule is CPc1c(NC2=NCC(C)(C)O2)ccc2c(-c3nc(N[C@H]4CCC(C)(C)NC4)ncc3C(F)(F)F)c[nH]c12. The summed E-state index contributed by atoms with van der Waals surface area (Å²) in [6.45, 7) is 11.4. The van der Waals surface area contributed by atoms with Gasteiger partial charge in [-0.25, -0.2) is 15.0 Å². The van der Waals surface area contributed by atoms with Gasteiger partial charge in [-0.1, -0.05) is 14.6 Å². The van der Waals surface area contributed by atoms with Crippen LogP contribution in [0.1, 0.15) is 46.1 Å². The molecule has 2 aliphatic heterocycles. The van der Waals surface area contributed by atoms with Gasteiger partial charge in [0.05, 0.1) is 23.4 Å². The number of fused-ring (bicyclic) bond motifs is 1. The van der Waals surface area contributed by atoms with Gasteiger partial charge in [-0.05, 0) is 53.3 Å². The number of nitrogens with one attached hydrogen (secondary N) is 4. The van der Waals surface area contributed by atoms with E-state index in [0.29, 0.717) is 38.6 Å². The van der Waals surface area contributed by atoms with E-state index < -0.39 is 11.7 Å². The van der Waals surface area contributed by atoms with Crippen molar-refractivity contribution >= 4 is 42.4 Å². The highest BCUT2D eigenvalue weighted by atomic mass is 31.1. The number of aromatic amines is 1. The van der Waals surface area contributed by atoms with Crippen LogP contribution in [0, 0.1) is 0 Å². The van der Waals surface area contributed by atoms with Gasteiger partial charge in [-0.3, -0.25) is 0 Å². The van der Waals surface area contributed by atoms with Crippen molar-refractivity contribution in [3.8, 4) is 11.3 Å². The van der Waals surface area contributed by atoms with Crippen LogP contribution in [-0.4, -0.2) is 57.9 Å². The molecular formula is C26H33F3N7OP. The molecule has 4 heterocycles. The van der Waals surface area contributed by atoms with E-state index in [-0.39, 0.29) is 28.8 Å². The normalized spacial score (nSPS) is 21.1. The highest BCUT2D eigenvalue weighted by Crippen LogP contribution is 2.39. The molecule has 0 spiro atoms. The maximum Gasteiger partial charge on any atom is 0.419 e. The second-order valence-electron chi connectivity index (χ2n) is 11.1. The number of alkyl halides is 3. The Kier molecular flexibility index (Phi) is 6.80. The fourth-order valence-corrected chi connectivity index (χ4v) is 5.69. The molecule has 1 saturated heterocycles. The summed E-state index contributed by atoms with van der Waals surface area (Å²) in [5, 5.41) is 11.5. The minimum atomic E-state index is -4.60. The summed E-state index contributed by atoms with van der Waals surface area (Å²) >= 11 is 0. The Bertz CT molecular complexity index is 1370. The fourth-order valence-electron chi connectivity index (χ4n) is 4.82. The molecule has 8 nitrogen and oxygen atoms in total. The number of aromatic nitrogens is 3. The number of aliphatic imine (C=N–C) groups is 1. The summed E-state index contributed by atoms with van der Waals surface area (Å²) in [6, 6.07) is 4.12. The molecule has 3 aromatic rings. The number of H-pyrrole nitrogens is 1. The van der Waals surface area contributed by atoms with Gasteiger partial charge in [0.25, 0.3) is 6.02 Å². The first-order chi connectivity index (χ1) is 17.9. The number of amidine groups is 1. The van der Waals surface area contributed by atoms with Crippen molar-refractivity contribution in [2.45, 2.75) is 63.9 Å². The maximum absolute atomic E-state index is 14.1. The Morgan fingerprint density at radius 3 is 2.61 bits per heavy atom. The zero-order chi connectivity index (χ0) is 27.3. The molecule has 2 aliphatic rings. The van der Waals surface area contributed by atoms with Crippen molar-refractivity contribution in [2.75, 3.05) is 30.4 Å². The Morgan fingerprint density at radius 2 is 1.97 bits per heavy atom. The van der Waals surface area contributed by atoms with Crippen LogP contribution in [0.25, 0.3) is 22.2 Å². The van der Waals surface area contributed by atoms with Crippen molar-refractivity contribution in [2.24, 2.45) is 4.99 Å². The van der Waals surface area contributed by atoms with Gasteiger partial charge in [0, 0.05) is 46.8 Å². The van der Waals surface area contributed by atoms with Crippen LogP contribution in [0.4, 0.5) is 24.8 Å². The third-order valence-electron chi connectivity index (χ3n) is 6.95. The Morgan fingerprint density at radius 1 is 1.18 bits per heavy atom. The average Bonchev–Trinajstić information content (AvgIpc) is 3.42. The van der Waals surface area contributed by atoms with E-state index in [9.17, 15) is 13.2 Å². The van der Waals surface area contributed by atoms with E-state index in [1.54, 1.807) is 12.3 Å². The standard InChI is InChI=1S/C26H33F3N7OP/c1-24(2)9-8-14(10-33-24)34-22-31-12-17(26(27,28)29)19(36-22)16-11-30-20-15(16)6-7-18(21(20)38-5)35-23-32-13-25(3,4)37-23/h6-7,11-12,14,30,33,38H,8-10,13H2,1-5H3,(H,32,35)(H,31,34,36)/t14-/m0/s1. The third kappa shape index (κ3) is 5.45. The molecule has 38 heavy (non-hydrogen) atoms. The lowest BCUT2D eigenvalue weighted by Gasteiger charge is -2.36. The molecule has 1 unspecified atom stereocenters. The van der Waals surface area contributed by atoms with Crippen molar-refractivity contribution in [3.05, 3.63) is 30.1 Å². The van der Waals surface area contributed by atoms with Gasteiger partial charge in [0.15, 0.2) is 0 Å². The number of piperidine rings is 1. The summed E-state index contributed by atoms with van der Waals surface area (Å²) in [5.41, 5.74) is 0.569. The number of rotatable bonds is 5. The molecule has 0 aliphatic carbocycles. The number of nitrogens with zero attached hydrogens (tertiary/aromatic N) is 3. The summed E-state index contributed by atoms with van der Waals surface area (Å²) < 4.78 is 48.0. The maximum atomic E-state index is 14.1. The van der Waals surface area contributed by atoms with Crippen LogP contribution in [0.2, 0.25) is 0 Å². The fraction of sp³-hybridized carbons (Fsp3) is 0.500. The molecule has 0 bridgehead atoms. The molecule has 0 radical (unpaired) electrons. The quantitative estimate of drug-likeness (QED) is 0.332. The smallest absolute Gasteiger partial charge is 0.419 e. The first-order valence-electron chi connectivity index (χ1n) is 12.6. The predicted octanol–water partition coefficient (Wildman–Crippen LogP) is 5.10. The molecule has 5 rings (SSSR count). The molecule has 2 aromatic heterocycles. The second kappa shape index (κ2) is 9.68. The lowest BCUT2D eigenvalue weighted by molar-refractivity contribution is -0.137.